The Labute approximate surface area is 170 Å². The van der Waals surface area contributed by atoms with E-state index in [2.05, 4.69) is 10.3 Å². The Hall–Kier alpha value is -1.12. The van der Waals surface area contributed by atoms with Crippen LogP contribution in [0.2, 0.25) is 0 Å². The number of carbonyl (C=O) groups excluding carboxylic acids is 1. The van der Waals surface area contributed by atoms with E-state index in [1.807, 2.05) is 6.79 Å². The third-order valence-electron chi connectivity index (χ3n) is 4.65. The van der Waals surface area contributed by atoms with Crippen LogP contribution in [0.5, 0.6) is 0 Å². The summed E-state index contributed by atoms with van der Waals surface area (Å²) >= 11 is 2.88. The number of carboxylic acids is 1. The van der Waals surface area contributed by atoms with Crippen LogP contribution in [0.1, 0.15) is 70.6 Å². The second kappa shape index (κ2) is 14.9. The van der Waals surface area contributed by atoms with Crippen LogP contribution in [0.25, 0.3) is 0 Å². The number of nitrogens with one attached hydrogen (secondary N) is 1. The number of nitrogens with two attached hydrogens (primary N) is 1. The number of hydrogen-bond donors (Lipinski definition) is 3. The van der Waals surface area contributed by atoms with Crippen molar-refractivity contribution >= 4 is 41.0 Å². The smallest absolute Gasteiger partial charge is 0.313 e. The van der Waals surface area contributed by atoms with Gasteiger partial charge in [0.25, 0.3) is 0 Å². The molecule has 154 valence electrons. The minimum absolute atomic E-state index is 0.102. The Bertz CT molecular complexity index is 514. The Morgan fingerprint density at radius 1 is 1.15 bits per heavy atom. The monoisotopic (exact) mass is 415 g/mol. The first kappa shape index (κ1) is 23.9. The van der Waals surface area contributed by atoms with Crippen molar-refractivity contribution in [3.05, 3.63) is 6.20 Å². The second-order valence-electron chi connectivity index (χ2n) is 6.90. The lowest BCUT2D eigenvalue weighted by molar-refractivity contribution is -0.133. The third kappa shape index (κ3) is 11.3. The van der Waals surface area contributed by atoms with Crippen molar-refractivity contribution in [1.82, 2.24) is 4.98 Å². The number of nitrogens with zero attached hydrogens (tertiary/aromatic N) is 1. The van der Waals surface area contributed by atoms with Gasteiger partial charge in [0.15, 0.2) is 5.13 Å². The summed E-state index contributed by atoms with van der Waals surface area (Å²) in [6.07, 6.45) is 16.1. The van der Waals surface area contributed by atoms with Crippen LogP contribution in [0.3, 0.4) is 0 Å². The van der Waals surface area contributed by atoms with E-state index in [1.165, 1.54) is 82.4 Å². The number of hydrogen-bond acceptors (Lipinski definition) is 7. The summed E-state index contributed by atoms with van der Waals surface area (Å²) in [5.74, 6) is -0.683. The van der Waals surface area contributed by atoms with Crippen LogP contribution >= 0.6 is 23.1 Å². The zero-order valence-electron chi connectivity index (χ0n) is 16.0. The number of thioether (sulfide) groups is 1. The highest BCUT2D eigenvalue weighted by Gasteiger charge is 2.13. The third-order valence-corrected chi connectivity index (χ3v) is 6.76. The molecule has 0 saturated heterocycles. The number of anilines is 1. The molecule has 1 aromatic rings. The average molecular weight is 416 g/mol. The van der Waals surface area contributed by atoms with E-state index in [0.29, 0.717) is 12.1 Å². The van der Waals surface area contributed by atoms with E-state index in [1.54, 1.807) is 17.5 Å². The van der Waals surface area contributed by atoms with E-state index in [4.69, 9.17) is 15.6 Å². The molecule has 4 N–H and O–H groups in total. The molecule has 0 amide bonds. The van der Waals surface area contributed by atoms with Crippen molar-refractivity contribution in [1.29, 1.82) is 0 Å². The Morgan fingerprint density at radius 3 is 2.22 bits per heavy atom. The summed E-state index contributed by atoms with van der Waals surface area (Å²) in [4.78, 5) is 22.8. The van der Waals surface area contributed by atoms with Crippen molar-refractivity contribution in [2.24, 2.45) is 5.73 Å². The number of aliphatic carboxylic acids is 1. The molecule has 6 nitrogen and oxygen atoms in total. The molecular weight excluding hydrogens is 382 g/mol. The highest BCUT2D eigenvalue weighted by atomic mass is 32.2. The van der Waals surface area contributed by atoms with Gasteiger partial charge in [-0.15, -0.1) is 11.8 Å². The molecule has 0 aliphatic heterocycles. The molecule has 0 aromatic carbocycles. The van der Waals surface area contributed by atoms with Gasteiger partial charge in [0.1, 0.15) is 6.79 Å². The molecule has 2 fully saturated rings. The maximum atomic E-state index is 10.5. The van der Waals surface area contributed by atoms with Gasteiger partial charge >= 0.3 is 5.97 Å². The predicted molar refractivity (Wildman–Crippen MR) is 114 cm³/mol. The molecule has 1 heterocycles. The van der Waals surface area contributed by atoms with Gasteiger partial charge in [-0.05, 0) is 25.7 Å². The number of thiazole rings is 1. The Kier molecular flexibility index (Phi) is 13.2. The van der Waals surface area contributed by atoms with Crippen molar-refractivity contribution in [2.75, 3.05) is 11.1 Å². The lowest BCUT2D eigenvalue weighted by Gasteiger charge is -2.15. The van der Waals surface area contributed by atoms with Gasteiger partial charge < -0.3 is 21.0 Å². The van der Waals surface area contributed by atoms with Gasteiger partial charge in [-0.25, -0.2) is 4.98 Å². The van der Waals surface area contributed by atoms with Crippen LogP contribution in [0.4, 0.5) is 5.13 Å². The summed E-state index contributed by atoms with van der Waals surface area (Å²) in [7, 11) is 0. The van der Waals surface area contributed by atoms with Gasteiger partial charge in [0.2, 0.25) is 0 Å². The first-order valence-corrected chi connectivity index (χ1v) is 11.5. The second-order valence-corrected chi connectivity index (χ2v) is 9.20. The molecule has 8 heteroatoms. The number of carbonyl (C=O) groups is 2. The van der Waals surface area contributed by atoms with Crippen molar-refractivity contribution in [3.63, 3.8) is 0 Å². The van der Waals surface area contributed by atoms with Crippen molar-refractivity contribution < 1.29 is 14.7 Å². The Morgan fingerprint density at radius 2 is 1.70 bits per heavy atom. The van der Waals surface area contributed by atoms with Crippen LogP contribution < -0.4 is 11.1 Å². The number of rotatable bonds is 5. The van der Waals surface area contributed by atoms with Gasteiger partial charge in [0, 0.05) is 12.1 Å². The van der Waals surface area contributed by atoms with E-state index in [9.17, 15) is 4.79 Å². The van der Waals surface area contributed by atoms with E-state index >= 15 is 0 Å². The maximum absolute atomic E-state index is 10.5. The zero-order valence-corrected chi connectivity index (χ0v) is 17.7. The van der Waals surface area contributed by atoms with Crippen LogP contribution in [0, 0.1) is 0 Å². The van der Waals surface area contributed by atoms with Crippen molar-refractivity contribution in [2.45, 2.75) is 86.9 Å². The molecule has 27 heavy (non-hydrogen) atoms. The molecular formula is C19H33N3O3S2. The van der Waals surface area contributed by atoms with Gasteiger partial charge in [-0.2, -0.15) is 0 Å². The fraction of sp³-hybridized carbons (Fsp3) is 0.737. The highest BCUT2D eigenvalue weighted by molar-refractivity contribution is 8.01. The van der Waals surface area contributed by atoms with Crippen molar-refractivity contribution in [3.8, 4) is 0 Å². The molecule has 0 spiro atoms. The molecule has 2 saturated carbocycles. The first-order chi connectivity index (χ1) is 13.1. The van der Waals surface area contributed by atoms with E-state index < -0.39 is 5.97 Å². The lowest BCUT2D eigenvalue weighted by Crippen LogP contribution is -2.22. The standard InChI is InChI=1S/C12H18N2O2S2.C6H13N.CH2O/c15-10(16)8-17-11-7-13-12(18-11)14-9-5-3-1-2-4-6-9;7-6-4-2-1-3-5-6;1-2/h7,9H,1-6,8H2,(H,13,14)(H,15,16);6H,1-5,7H2;1H2. The molecule has 2 aliphatic carbocycles. The van der Waals surface area contributed by atoms with Gasteiger partial charge in [0.05, 0.1) is 16.2 Å². The topological polar surface area (TPSA) is 105 Å². The minimum Gasteiger partial charge on any atom is -0.481 e. The zero-order chi connectivity index (χ0) is 19.9. The SMILES string of the molecule is C=O.NC1CCCCC1.O=C(O)CSc1cnc(NC2CCCCCC2)s1. The average Bonchev–Trinajstić information content (AvgIpc) is 2.96. The van der Waals surface area contributed by atoms with E-state index in [-0.39, 0.29) is 5.75 Å². The highest BCUT2D eigenvalue weighted by Crippen LogP contribution is 2.30. The summed E-state index contributed by atoms with van der Waals surface area (Å²) in [6, 6.07) is 1.07. The normalized spacial score (nSPS) is 18.3. The van der Waals surface area contributed by atoms with E-state index in [0.717, 1.165) is 9.34 Å². The number of aromatic nitrogens is 1. The molecule has 1 aromatic heterocycles. The predicted octanol–water partition coefficient (Wildman–Crippen LogP) is 4.55. The van der Waals surface area contributed by atoms with Gasteiger partial charge in [-0.1, -0.05) is 56.3 Å². The van der Waals surface area contributed by atoms with Gasteiger partial charge in [-0.3, -0.25) is 4.79 Å². The Balaban J connectivity index is 0.000000338. The minimum atomic E-state index is -0.785. The molecule has 0 unspecified atom stereocenters. The summed E-state index contributed by atoms with van der Waals surface area (Å²) in [6.45, 7) is 2.00. The lowest BCUT2D eigenvalue weighted by atomic mass is 9.97. The quantitative estimate of drug-likeness (QED) is 0.478. The molecule has 0 atom stereocenters. The molecule has 3 rings (SSSR count). The molecule has 0 radical (unpaired) electrons. The van der Waals surface area contributed by atoms with Crippen LogP contribution in [0.15, 0.2) is 10.4 Å². The fourth-order valence-corrected chi connectivity index (χ4v) is 4.93. The first-order valence-electron chi connectivity index (χ1n) is 9.75. The maximum Gasteiger partial charge on any atom is 0.313 e. The summed E-state index contributed by atoms with van der Waals surface area (Å²) in [5, 5.41) is 13.0. The van der Waals surface area contributed by atoms with Crippen LogP contribution in [-0.2, 0) is 9.59 Å². The fourth-order valence-electron chi connectivity index (χ4n) is 3.26. The number of carboxylic acid groups (broad SMARTS) is 1. The molecule has 2 aliphatic rings. The summed E-state index contributed by atoms with van der Waals surface area (Å²) in [5.41, 5.74) is 5.63. The van der Waals surface area contributed by atoms with Crippen LogP contribution in [-0.4, -0.2) is 40.7 Å². The molecule has 0 bridgehead atoms. The largest absolute Gasteiger partial charge is 0.481 e. The summed E-state index contributed by atoms with van der Waals surface area (Å²) < 4.78 is 0.966.